The van der Waals surface area contributed by atoms with Crippen molar-refractivity contribution < 1.29 is 9.47 Å². The number of para-hydroxylation sites is 1. The van der Waals surface area contributed by atoms with Crippen LogP contribution >= 0.6 is 0 Å². The van der Waals surface area contributed by atoms with E-state index in [1.54, 1.807) is 0 Å². The lowest BCUT2D eigenvalue weighted by atomic mass is 10.0. The summed E-state index contributed by atoms with van der Waals surface area (Å²) in [5.41, 5.74) is 1.22. The van der Waals surface area contributed by atoms with Crippen molar-refractivity contribution in [3.05, 3.63) is 23.8 Å². The van der Waals surface area contributed by atoms with Crippen LogP contribution in [-0.2, 0) is 0 Å². The molecule has 13 heavy (non-hydrogen) atoms. The Hall–Kier alpha value is -1.18. The first-order valence-corrected chi connectivity index (χ1v) is 4.64. The van der Waals surface area contributed by atoms with E-state index in [1.807, 2.05) is 19.1 Å². The zero-order chi connectivity index (χ0) is 9.42. The van der Waals surface area contributed by atoms with Crippen molar-refractivity contribution >= 4 is 0 Å². The molecule has 0 saturated carbocycles. The van der Waals surface area contributed by atoms with Crippen molar-refractivity contribution in [2.45, 2.75) is 33.0 Å². The predicted molar refractivity (Wildman–Crippen MR) is 51.2 cm³/mol. The second kappa shape index (κ2) is 2.95. The van der Waals surface area contributed by atoms with Gasteiger partial charge in [-0.15, -0.1) is 0 Å². The average Bonchev–Trinajstić information content (AvgIpc) is 2.43. The van der Waals surface area contributed by atoms with Gasteiger partial charge < -0.3 is 9.47 Å². The molecule has 2 heteroatoms. The molecule has 1 aliphatic rings. The lowest BCUT2D eigenvalue weighted by molar-refractivity contribution is 0.0672. The summed E-state index contributed by atoms with van der Waals surface area (Å²) in [7, 11) is 0. The van der Waals surface area contributed by atoms with Gasteiger partial charge in [0.05, 0.1) is 0 Å². The molecule has 0 aliphatic carbocycles. The molecule has 0 amide bonds. The van der Waals surface area contributed by atoms with Crippen LogP contribution in [0.5, 0.6) is 11.5 Å². The molecular weight excluding hydrogens is 164 g/mol. The third-order valence-corrected chi connectivity index (χ3v) is 2.21. The quantitative estimate of drug-likeness (QED) is 0.658. The Kier molecular flexibility index (Phi) is 1.91. The van der Waals surface area contributed by atoms with Crippen molar-refractivity contribution in [1.29, 1.82) is 0 Å². The fourth-order valence-electron chi connectivity index (χ4n) is 1.58. The predicted octanol–water partition coefficient (Wildman–Crippen LogP) is 2.93. The average molecular weight is 178 g/mol. The lowest BCUT2D eigenvalue weighted by Gasteiger charge is -2.08. The summed E-state index contributed by atoms with van der Waals surface area (Å²) >= 11 is 0. The molecule has 2 rings (SSSR count). The molecule has 0 fully saturated rings. The van der Waals surface area contributed by atoms with Crippen molar-refractivity contribution in [2.24, 2.45) is 0 Å². The lowest BCUT2D eigenvalue weighted by Crippen LogP contribution is -2.11. The minimum absolute atomic E-state index is 0.144. The summed E-state index contributed by atoms with van der Waals surface area (Å²) in [6.07, 6.45) is -0.144. The second-order valence-corrected chi connectivity index (χ2v) is 3.63. The maximum atomic E-state index is 5.58. The molecule has 1 unspecified atom stereocenters. The highest BCUT2D eigenvalue weighted by Gasteiger charge is 2.23. The number of benzene rings is 1. The Bertz CT molecular complexity index is 318. The van der Waals surface area contributed by atoms with Crippen LogP contribution in [0.15, 0.2) is 18.2 Å². The van der Waals surface area contributed by atoms with Gasteiger partial charge in [0, 0.05) is 12.5 Å². The molecule has 1 atom stereocenters. The summed E-state index contributed by atoms with van der Waals surface area (Å²) in [4.78, 5) is 0. The summed E-state index contributed by atoms with van der Waals surface area (Å²) in [5, 5.41) is 0. The molecule has 0 bridgehead atoms. The summed E-state index contributed by atoms with van der Waals surface area (Å²) in [6, 6.07) is 6.05. The number of hydrogen-bond acceptors (Lipinski definition) is 2. The van der Waals surface area contributed by atoms with Gasteiger partial charge in [-0.1, -0.05) is 26.0 Å². The number of rotatable bonds is 1. The van der Waals surface area contributed by atoms with Gasteiger partial charge in [-0.05, 0) is 12.0 Å². The molecular formula is C11H14O2. The topological polar surface area (TPSA) is 18.5 Å². The summed E-state index contributed by atoms with van der Waals surface area (Å²) in [5.74, 6) is 2.27. The molecule has 1 aliphatic heterocycles. The van der Waals surface area contributed by atoms with Gasteiger partial charge in [0.1, 0.15) is 0 Å². The van der Waals surface area contributed by atoms with E-state index in [2.05, 4.69) is 19.9 Å². The van der Waals surface area contributed by atoms with E-state index in [4.69, 9.17) is 9.47 Å². The first-order valence-electron chi connectivity index (χ1n) is 4.64. The molecule has 0 radical (unpaired) electrons. The van der Waals surface area contributed by atoms with Crippen LogP contribution in [0.4, 0.5) is 0 Å². The Morgan fingerprint density at radius 3 is 2.69 bits per heavy atom. The van der Waals surface area contributed by atoms with E-state index in [0.29, 0.717) is 5.92 Å². The Balaban J connectivity index is 2.45. The number of fused-ring (bicyclic) bond motifs is 1. The summed E-state index contributed by atoms with van der Waals surface area (Å²) < 4.78 is 11.1. The van der Waals surface area contributed by atoms with Gasteiger partial charge in [0.2, 0.25) is 6.29 Å². The van der Waals surface area contributed by atoms with Crippen LogP contribution in [-0.4, -0.2) is 6.29 Å². The minimum Gasteiger partial charge on any atom is -0.451 e. The third-order valence-electron chi connectivity index (χ3n) is 2.21. The molecule has 2 nitrogen and oxygen atoms in total. The van der Waals surface area contributed by atoms with Crippen LogP contribution in [0.25, 0.3) is 0 Å². The first kappa shape index (κ1) is 8.42. The molecule has 0 spiro atoms. The highest BCUT2D eigenvalue weighted by atomic mass is 16.7. The van der Waals surface area contributed by atoms with E-state index in [1.165, 1.54) is 5.56 Å². The van der Waals surface area contributed by atoms with Gasteiger partial charge in [0.25, 0.3) is 0 Å². The maximum Gasteiger partial charge on any atom is 0.238 e. The zero-order valence-corrected chi connectivity index (χ0v) is 8.20. The second-order valence-electron chi connectivity index (χ2n) is 3.63. The van der Waals surface area contributed by atoms with Crippen LogP contribution in [0, 0.1) is 0 Å². The number of hydrogen-bond donors (Lipinski definition) is 0. The smallest absolute Gasteiger partial charge is 0.238 e. The normalized spacial score (nSPS) is 19.5. The summed E-state index contributed by atoms with van der Waals surface area (Å²) in [6.45, 7) is 6.22. The van der Waals surface area contributed by atoms with Gasteiger partial charge in [-0.3, -0.25) is 0 Å². The van der Waals surface area contributed by atoms with Crippen LogP contribution in [0.2, 0.25) is 0 Å². The Morgan fingerprint density at radius 2 is 2.00 bits per heavy atom. The molecule has 0 aromatic heterocycles. The monoisotopic (exact) mass is 178 g/mol. The van der Waals surface area contributed by atoms with Gasteiger partial charge >= 0.3 is 0 Å². The van der Waals surface area contributed by atoms with Gasteiger partial charge in [0.15, 0.2) is 11.5 Å². The first-order chi connectivity index (χ1) is 6.18. The Labute approximate surface area is 78.5 Å². The SMILES string of the molecule is CC1Oc2cccc(C(C)C)c2O1. The van der Waals surface area contributed by atoms with Crippen LogP contribution in [0.1, 0.15) is 32.3 Å². The fraction of sp³-hybridized carbons (Fsp3) is 0.455. The van der Waals surface area contributed by atoms with Crippen molar-refractivity contribution in [2.75, 3.05) is 0 Å². The molecule has 0 saturated heterocycles. The Morgan fingerprint density at radius 1 is 1.23 bits per heavy atom. The molecule has 0 N–H and O–H groups in total. The standard InChI is InChI=1S/C11H14O2/c1-7(2)9-5-4-6-10-11(9)13-8(3)12-10/h4-8H,1-3H3. The van der Waals surface area contributed by atoms with Crippen molar-refractivity contribution in [3.8, 4) is 11.5 Å². The zero-order valence-electron chi connectivity index (χ0n) is 8.20. The maximum absolute atomic E-state index is 5.58. The highest BCUT2D eigenvalue weighted by molar-refractivity contribution is 5.49. The third kappa shape index (κ3) is 1.37. The van der Waals surface area contributed by atoms with E-state index in [9.17, 15) is 0 Å². The van der Waals surface area contributed by atoms with Crippen molar-refractivity contribution in [1.82, 2.24) is 0 Å². The van der Waals surface area contributed by atoms with Crippen LogP contribution in [0.3, 0.4) is 0 Å². The molecule has 1 aromatic rings. The number of ether oxygens (including phenoxy) is 2. The van der Waals surface area contributed by atoms with E-state index >= 15 is 0 Å². The van der Waals surface area contributed by atoms with Crippen molar-refractivity contribution in [3.63, 3.8) is 0 Å². The molecule has 1 heterocycles. The van der Waals surface area contributed by atoms with E-state index in [0.717, 1.165) is 11.5 Å². The van der Waals surface area contributed by atoms with Gasteiger partial charge in [-0.25, -0.2) is 0 Å². The molecule has 1 aromatic carbocycles. The minimum atomic E-state index is -0.144. The van der Waals surface area contributed by atoms with Crippen LogP contribution < -0.4 is 9.47 Å². The van der Waals surface area contributed by atoms with Gasteiger partial charge in [-0.2, -0.15) is 0 Å². The molecule has 70 valence electrons. The van der Waals surface area contributed by atoms with E-state index < -0.39 is 0 Å². The highest BCUT2D eigenvalue weighted by Crippen LogP contribution is 2.40. The van der Waals surface area contributed by atoms with E-state index in [-0.39, 0.29) is 6.29 Å². The fourth-order valence-corrected chi connectivity index (χ4v) is 1.58. The largest absolute Gasteiger partial charge is 0.451 e.